The molecule has 0 spiro atoms. The highest BCUT2D eigenvalue weighted by atomic mass is 32.2. The molecule has 1 fully saturated rings. The van der Waals surface area contributed by atoms with E-state index in [9.17, 15) is 19.2 Å². The number of aromatic nitrogens is 1. The van der Waals surface area contributed by atoms with Crippen LogP contribution in [0.2, 0.25) is 0 Å². The lowest BCUT2D eigenvalue weighted by atomic mass is 10.2. The summed E-state index contributed by atoms with van der Waals surface area (Å²) >= 11 is 0.785. The average molecular weight is 520 g/mol. The van der Waals surface area contributed by atoms with Crippen molar-refractivity contribution in [3.05, 3.63) is 82.0 Å². The number of amides is 3. The van der Waals surface area contributed by atoms with Gasteiger partial charge in [0, 0.05) is 22.8 Å². The Labute approximate surface area is 217 Å². The van der Waals surface area contributed by atoms with Gasteiger partial charge in [0.05, 0.1) is 17.1 Å². The summed E-state index contributed by atoms with van der Waals surface area (Å²) in [5, 5.41) is 11.3. The van der Waals surface area contributed by atoms with Crippen molar-refractivity contribution in [1.29, 1.82) is 0 Å². The first-order chi connectivity index (χ1) is 17.7. The van der Waals surface area contributed by atoms with Crippen molar-refractivity contribution >= 4 is 46.5 Å². The van der Waals surface area contributed by atoms with Crippen LogP contribution in [0.3, 0.4) is 0 Å². The SMILES string of the molecule is CCOc1ccc(NC(=O)CN2C(=O)S/C(=C/c3cc(C)n(-c4ccc(C(=O)O)cc4)c3C)C2=O)cc1. The number of nitrogens with zero attached hydrogens (tertiary/aromatic N) is 2. The number of benzene rings is 2. The van der Waals surface area contributed by atoms with Crippen molar-refractivity contribution < 1.29 is 29.0 Å². The van der Waals surface area contributed by atoms with Crippen molar-refractivity contribution in [2.45, 2.75) is 20.8 Å². The van der Waals surface area contributed by atoms with Crippen molar-refractivity contribution in [2.75, 3.05) is 18.5 Å². The molecule has 0 aliphatic carbocycles. The topological polar surface area (TPSA) is 118 Å². The molecule has 3 aromatic rings. The predicted octanol–water partition coefficient (Wildman–Crippen LogP) is 4.87. The Balaban J connectivity index is 1.48. The third-order valence-corrected chi connectivity index (χ3v) is 6.66. The van der Waals surface area contributed by atoms with Gasteiger partial charge >= 0.3 is 5.97 Å². The zero-order chi connectivity index (χ0) is 26.7. The maximum absolute atomic E-state index is 13.0. The Morgan fingerprint density at radius 2 is 1.73 bits per heavy atom. The fraction of sp³-hybridized carbons (Fsp3) is 0.185. The summed E-state index contributed by atoms with van der Waals surface area (Å²) in [5.41, 5.74) is 3.93. The van der Waals surface area contributed by atoms with Crippen molar-refractivity contribution in [2.24, 2.45) is 0 Å². The highest BCUT2D eigenvalue weighted by molar-refractivity contribution is 8.18. The van der Waals surface area contributed by atoms with Crippen LogP contribution in [0.5, 0.6) is 5.75 Å². The first kappa shape index (κ1) is 25.8. The minimum absolute atomic E-state index is 0.187. The van der Waals surface area contributed by atoms with Crippen LogP contribution in [-0.2, 0) is 9.59 Å². The standard InChI is InChI=1S/C27H25N3O6S/c1-4-36-22-11-7-20(8-12-22)28-24(31)15-29-25(32)23(37-27(29)35)14-19-13-16(2)30(17(19)3)21-9-5-18(6-10-21)26(33)34/h5-14H,4,15H2,1-3H3,(H,28,31)(H,33,34)/b23-14+. The Kier molecular flexibility index (Phi) is 7.49. The summed E-state index contributed by atoms with van der Waals surface area (Å²) in [4.78, 5) is 50.3. The number of carboxylic acid groups (broad SMARTS) is 1. The molecule has 0 radical (unpaired) electrons. The molecule has 0 atom stereocenters. The van der Waals surface area contributed by atoms with Gasteiger partial charge in [0.15, 0.2) is 0 Å². The summed E-state index contributed by atoms with van der Waals surface area (Å²) in [7, 11) is 0. The second-order valence-electron chi connectivity index (χ2n) is 8.29. The first-order valence-corrected chi connectivity index (χ1v) is 12.3. The number of carbonyl (C=O) groups is 4. The van der Waals surface area contributed by atoms with E-state index in [-0.39, 0.29) is 10.5 Å². The van der Waals surface area contributed by atoms with Gasteiger partial charge in [-0.05, 0) is 98.8 Å². The number of aromatic carboxylic acids is 1. The number of ether oxygens (including phenoxy) is 1. The molecule has 4 rings (SSSR count). The van der Waals surface area contributed by atoms with Crippen LogP contribution < -0.4 is 10.1 Å². The van der Waals surface area contributed by atoms with E-state index < -0.39 is 29.6 Å². The Bertz CT molecular complexity index is 1410. The average Bonchev–Trinajstić information content (AvgIpc) is 3.29. The molecule has 1 aliphatic heterocycles. The molecule has 0 saturated carbocycles. The largest absolute Gasteiger partial charge is 0.494 e. The van der Waals surface area contributed by atoms with Crippen LogP contribution in [-0.4, -0.2) is 50.7 Å². The molecule has 9 nitrogen and oxygen atoms in total. The van der Waals surface area contributed by atoms with Crippen LogP contribution in [0.4, 0.5) is 10.5 Å². The molecule has 2 aromatic carbocycles. The van der Waals surface area contributed by atoms with E-state index in [1.807, 2.05) is 31.4 Å². The molecular weight excluding hydrogens is 494 g/mol. The van der Waals surface area contributed by atoms with Gasteiger partial charge < -0.3 is 19.7 Å². The summed E-state index contributed by atoms with van der Waals surface area (Å²) in [6.07, 6.45) is 1.64. The number of carboxylic acids is 1. The van der Waals surface area contributed by atoms with Gasteiger partial charge in [-0.3, -0.25) is 19.3 Å². The van der Waals surface area contributed by atoms with Crippen LogP contribution in [0.25, 0.3) is 11.8 Å². The zero-order valence-electron chi connectivity index (χ0n) is 20.5. The zero-order valence-corrected chi connectivity index (χ0v) is 21.3. The number of anilines is 1. The molecule has 1 aromatic heterocycles. The lowest BCUT2D eigenvalue weighted by Gasteiger charge is -2.12. The summed E-state index contributed by atoms with van der Waals surface area (Å²) in [6, 6.07) is 15.2. The van der Waals surface area contributed by atoms with Crippen LogP contribution in [0.1, 0.15) is 34.2 Å². The number of hydrogen-bond donors (Lipinski definition) is 2. The van der Waals surface area contributed by atoms with Crippen LogP contribution in [0, 0.1) is 13.8 Å². The molecule has 1 aliphatic rings. The summed E-state index contributed by atoms with van der Waals surface area (Å²) in [6.45, 7) is 5.78. The van der Waals surface area contributed by atoms with Gasteiger partial charge in [0.1, 0.15) is 12.3 Å². The van der Waals surface area contributed by atoms with E-state index in [1.165, 1.54) is 12.1 Å². The summed E-state index contributed by atoms with van der Waals surface area (Å²) < 4.78 is 7.31. The van der Waals surface area contributed by atoms with Crippen molar-refractivity contribution in [3.63, 3.8) is 0 Å². The molecule has 2 N–H and O–H groups in total. The smallest absolute Gasteiger partial charge is 0.335 e. The number of hydrogen-bond acceptors (Lipinski definition) is 6. The molecular formula is C27H25N3O6S. The van der Waals surface area contributed by atoms with Crippen LogP contribution >= 0.6 is 11.8 Å². The first-order valence-electron chi connectivity index (χ1n) is 11.5. The van der Waals surface area contributed by atoms with Crippen molar-refractivity contribution in [1.82, 2.24) is 9.47 Å². The number of carbonyl (C=O) groups excluding carboxylic acids is 3. The van der Waals surface area contributed by atoms with Gasteiger partial charge in [-0.1, -0.05) is 0 Å². The Hall–Kier alpha value is -4.31. The molecule has 3 amide bonds. The quantitative estimate of drug-likeness (QED) is 0.408. The highest BCUT2D eigenvalue weighted by Crippen LogP contribution is 2.33. The molecule has 2 heterocycles. The number of nitrogens with one attached hydrogen (secondary N) is 1. The number of aryl methyl sites for hydroxylation is 1. The third-order valence-electron chi connectivity index (χ3n) is 5.75. The van der Waals surface area contributed by atoms with E-state index in [2.05, 4.69) is 5.32 Å². The minimum atomic E-state index is -1.00. The second kappa shape index (κ2) is 10.8. The lowest BCUT2D eigenvalue weighted by Crippen LogP contribution is -2.36. The minimum Gasteiger partial charge on any atom is -0.494 e. The molecule has 190 valence electrons. The van der Waals surface area contributed by atoms with E-state index in [0.29, 0.717) is 18.0 Å². The van der Waals surface area contributed by atoms with E-state index in [1.54, 1.807) is 42.5 Å². The van der Waals surface area contributed by atoms with Gasteiger partial charge in [0.25, 0.3) is 11.1 Å². The molecule has 37 heavy (non-hydrogen) atoms. The Morgan fingerprint density at radius 3 is 2.35 bits per heavy atom. The van der Waals surface area contributed by atoms with Gasteiger partial charge in [-0.2, -0.15) is 0 Å². The number of thioether (sulfide) groups is 1. The predicted molar refractivity (Wildman–Crippen MR) is 141 cm³/mol. The third kappa shape index (κ3) is 5.59. The van der Waals surface area contributed by atoms with Crippen molar-refractivity contribution in [3.8, 4) is 11.4 Å². The van der Waals surface area contributed by atoms with Gasteiger partial charge in [0.2, 0.25) is 5.91 Å². The second-order valence-corrected chi connectivity index (χ2v) is 9.28. The summed E-state index contributed by atoms with van der Waals surface area (Å²) in [5.74, 6) is -1.35. The molecule has 0 bridgehead atoms. The number of imide groups is 1. The van der Waals surface area contributed by atoms with Gasteiger partial charge in [-0.25, -0.2) is 4.79 Å². The normalized spacial score (nSPS) is 14.4. The maximum Gasteiger partial charge on any atom is 0.335 e. The molecule has 1 saturated heterocycles. The Morgan fingerprint density at radius 1 is 1.05 bits per heavy atom. The fourth-order valence-electron chi connectivity index (χ4n) is 4.01. The highest BCUT2D eigenvalue weighted by Gasteiger charge is 2.36. The van der Waals surface area contributed by atoms with E-state index in [0.717, 1.165) is 39.3 Å². The van der Waals surface area contributed by atoms with Gasteiger partial charge in [-0.15, -0.1) is 0 Å². The van der Waals surface area contributed by atoms with E-state index >= 15 is 0 Å². The van der Waals surface area contributed by atoms with Crippen LogP contribution in [0.15, 0.2) is 59.5 Å². The fourth-order valence-corrected chi connectivity index (χ4v) is 4.84. The lowest BCUT2D eigenvalue weighted by molar-refractivity contribution is -0.127. The monoisotopic (exact) mass is 519 g/mol. The van der Waals surface area contributed by atoms with E-state index in [4.69, 9.17) is 9.84 Å². The molecule has 0 unspecified atom stereocenters. The maximum atomic E-state index is 13.0. The number of rotatable bonds is 8. The molecule has 10 heteroatoms.